The highest BCUT2D eigenvalue weighted by atomic mass is 19.1. The van der Waals surface area contributed by atoms with Gasteiger partial charge >= 0.3 is 0 Å². The molecule has 0 amide bonds. The highest BCUT2D eigenvalue weighted by Crippen LogP contribution is 2.36. The number of rotatable bonds is 4. The number of benzene rings is 1. The fourth-order valence-electron chi connectivity index (χ4n) is 2.07. The molecule has 1 heterocycles. The maximum atomic E-state index is 13.6. The number of hydrogen-bond acceptors (Lipinski definition) is 3. The summed E-state index contributed by atoms with van der Waals surface area (Å²) in [6, 6.07) is 3.50. The van der Waals surface area contributed by atoms with Crippen molar-refractivity contribution in [2.45, 2.75) is 32.4 Å². The Bertz CT molecular complexity index is 429. The summed E-state index contributed by atoms with van der Waals surface area (Å²) in [4.78, 5) is 10.5. The maximum Gasteiger partial charge on any atom is 0.161 e. The monoisotopic (exact) mass is 252 g/mol. The molecule has 0 saturated heterocycles. The van der Waals surface area contributed by atoms with Gasteiger partial charge in [-0.1, -0.05) is 0 Å². The van der Waals surface area contributed by atoms with E-state index in [2.05, 4.69) is 0 Å². The molecule has 18 heavy (non-hydrogen) atoms. The van der Waals surface area contributed by atoms with Crippen LogP contribution >= 0.6 is 0 Å². The highest BCUT2D eigenvalue weighted by Gasteiger charge is 2.17. The Hall–Kier alpha value is -1.58. The Balaban J connectivity index is 2.37. The van der Waals surface area contributed by atoms with Crippen molar-refractivity contribution in [3.8, 4) is 11.5 Å². The zero-order valence-corrected chi connectivity index (χ0v) is 10.4. The second kappa shape index (κ2) is 5.85. The van der Waals surface area contributed by atoms with Gasteiger partial charge in [0.05, 0.1) is 13.2 Å². The molecule has 4 heteroatoms. The highest BCUT2D eigenvalue weighted by molar-refractivity contribution is 5.53. The van der Waals surface area contributed by atoms with Crippen molar-refractivity contribution in [3.05, 3.63) is 23.3 Å². The van der Waals surface area contributed by atoms with Gasteiger partial charge in [0.1, 0.15) is 12.5 Å². The Labute approximate surface area is 106 Å². The average molecular weight is 252 g/mol. The predicted octanol–water partition coefficient (Wildman–Crippen LogP) is 3.01. The molecule has 0 N–H and O–H groups in total. The first-order valence-corrected chi connectivity index (χ1v) is 6.22. The molecule has 0 fully saturated rings. The van der Waals surface area contributed by atoms with Gasteiger partial charge in [0.2, 0.25) is 0 Å². The van der Waals surface area contributed by atoms with Gasteiger partial charge in [-0.05, 0) is 36.6 Å². The van der Waals surface area contributed by atoms with Crippen LogP contribution in [0, 0.1) is 0 Å². The first-order chi connectivity index (χ1) is 8.72. The minimum Gasteiger partial charge on any atom is -0.490 e. The molecule has 0 aromatic heterocycles. The van der Waals surface area contributed by atoms with E-state index in [9.17, 15) is 9.18 Å². The minimum absolute atomic E-state index is 0.388. The number of halogens is 1. The lowest BCUT2D eigenvalue weighted by Crippen LogP contribution is -2.00. The molecule has 1 aliphatic rings. The Morgan fingerprint density at radius 1 is 1.33 bits per heavy atom. The number of ether oxygens (including phenoxy) is 2. The third-order valence-electron chi connectivity index (χ3n) is 2.97. The first-order valence-electron chi connectivity index (χ1n) is 6.22. The number of carbonyl (C=O) groups excluding carboxylic acids is 1. The maximum absolute atomic E-state index is 13.6. The van der Waals surface area contributed by atoms with Crippen molar-refractivity contribution in [1.82, 2.24) is 0 Å². The molecule has 1 unspecified atom stereocenters. The van der Waals surface area contributed by atoms with Crippen molar-refractivity contribution < 1.29 is 18.7 Å². The smallest absolute Gasteiger partial charge is 0.161 e. The number of alkyl halides is 1. The fourth-order valence-corrected chi connectivity index (χ4v) is 2.07. The van der Waals surface area contributed by atoms with Crippen LogP contribution in [-0.2, 0) is 11.2 Å². The molecule has 98 valence electrons. The van der Waals surface area contributed by atoms with E-state index in [0.717, 1.165) is 18.3 Å². The lowest BCUT2D eigenvalue weighted by molar-refractivity contribution is -0.107. The van der Waals surface area contributed by atoms with Crippen LogP contribution in [0.15, 0.2) is 12.1 Å². The van der Waals surface area contributed by atoms with Gasteiger partial charge in [-0.2, -0.15) is 0 Å². The molecular weight excluding hydrogens is 235 g/mol. The third-order valence-corrected chi connectivity index (χ3v) is 2.97. The predicted molar refractivity (Wildman–Crippen MR) is 66.0 cm³/mol. The number of aldehydes is 1. The van der Waals surface area contributed by atoms with Gasteiger partial charge in [-0.3, -0.25) is 0 Å². The molecule has 1 aromatic carbocycles. The molecule has 0 bridgehead atoms. The van der Waals surface area contributed by atoms with Crippen molar-refractivity contribution in [2.75, 3.05) is 13.2 Å². The quantitative estimate of drug-likeness (QED) is 0.773. The van der Waals surface area contributed by atoms with Crippen molar-refractivity contribution in [1.29, 1.82) is 0 Å². The molecule has 0 saturated carbocycles. The second-order valence-corrected chi connectivity index (χ2v) is 4.37. The van der Waals surface area contributed by atoms with Crippen LogP contribution in [-0.4, -0.2) is 19.5 Å². The number of aryl methyl sites for hydroxylation is 1. The van der Waals surface area contributed by atoms with Gasteiger partial charge in [0, 0.05) is 12.8 Å². The van der Waals surface area contributed by atoms with Gasteiger partial charge in [-0.25, -0.2) is 4.39 Å². The van der Waals surface area contributed by atoms with E-state index in [1.807, 2.05) is 0 Å². The fraction of sp³-hybridized carbons (Fsp3) is 0.500. The van der Waals surface area contributed by atoms with E-state index in [4.69, 9.17) is 9.47 Å². The van der Waals surface area contributed by atoms with Crippen LogP contribution in [0.5, 0.6) is 11.5 Å². The molecule has 2 rings (SSSR count). The summed E-state index contributed by atoms with van der Waals surface area (Å²) in [5.41, 5.74) is 1.41. The van der Waals surface area contributed by atoms with Gasteiger partial charge in [0.15, 0.2) is 11.5 Å². The normalized spacial score (nSPS) is 15.9. The zero-order valence-electron chi connectivity index (χ0n) is 10.4. The molecule has 3 nitrogen and oxygen atoms in total. The van der Waals surface area contributed by atoms with Gasteiger partial charge in [0.25, 0.3) is 0 Å². The summed E-state index contributed by atoms with van der Waals surface area (Å²) in [5, 5.41) is 0. The lowest BCUT2D eigenvalue weighted by Gasteiger charge is -2.15. The van der Waals surface area contributed by atoms with E-state index in [1.165, 1.54) is 6.92 Å². The van der Waals surface area contributed by atoms with Crippen molar-refractivity contribution in [2.24, 2.45) is 0 Å². The Kier molecular flexibility index (Phi) is 4.18. The number of hydrogen-bond donors (Lipinski definition) is 0. The third kappa shape index (κ3) is 2.81. The summed E-state index contributed by atoms with van der Waals surface area (Å²) in [7, 11) is 0. The molecule has 0 spiro atoms. The number of fused-ring (bicyclic) bond motifs is 1. The lowest BCUT2D eigenvalue weighted by atomic mass is 9.99. The second-order valence-electron chi connectivity index (χ2n) is 4.37. The van der Waals surface area contributed by atoms with E-state index in [-0.39, 0.29) is 0 Å². The zero-order chi connectivity index (χ0) is 13.0. The summed E-state index contributed by atoms with van der Waals surface area (Å²) in [5.74, 6) is 1.25. The van der Waals surface area contributed by atoms with E-state index in [0.29, 0.717) is 43.1 Å². The van der Waals surface area contributed by atoms with Crippen LogP contribution in [0.4, 0.5) is 4.39 Å². The van der Waals surface area contributed by atoms with Gasteiger partial charge < -0.3 is 14.3 Å². The van der Waals surface area contributed by atoms with Crippen LogP contribution in [0.2, 0.25) is 0 Å². The summed E-state index contributed by atoms with van der Waals surface area (Å²) < 4.78 is 24.7. The SMILES string of the molecule is CC(F)c1cc2c(cc1CCC=O)OCCCO2. The standard InChI is InChI=1S/C14H17FO3/c1-10(15)12-9-14-13(17-6-3-7-18-14)8-11(12)4-2-5-16/h5,8-10H,2-4,6-7H2,1H3. The minimum atomic E-state index is -1.08. The van der Waals surface area contributed by atoms with E-state index < -0.39 is 6.17 Å². The number of carbonyl (C=O) groups is 1. The Morgan fingerprint density at radius 2 is 2.00 bits per heavy atom. The topological polar surface area (TPSA) is 35.5 Å². The Morgan fingerprint density at radius 3 is 2.61 bits per heavy atom. The molecule has 1 aliphatic heterocycles. The molecule has 1 aromatic rings. The van der Waals surface area contributed by atoms with Crippen LogP contribution < -0.4 is 9.47 Å². The summed E-state index contributed by atoms with van der Waals surface area (Å²) in [6.07, 6.45) is 1.50. The van der Waals surface area contributed by atoms with Crippen molar-refractivity contribution in [3.63, 3.8) is 0 Å². The van der Waals surface area contributed by atoms with E-state index in [1.54, 1.807) is 12.1 Å². The van der Waals surface area contributed by atoms with Crippen LogP contribution in [0.3, 0.4) is 0 Å². The van der Waals surface area contributed by atoms with Crippen LogP contribution in [0.1, 0.15) is 37.1 Å². The average Bonchev–Trinajstić information content (AvgIpc) is 2.59. The first kappa shape index (κ1) is 12.9. The molecular formula is C14H17FO3. The van der Waals surface area contributed by atoms with Gasteiger partial charge in [-0.15, -0.1) is 0 Å². The van der Waals surface area contributed by atoms with Crippen LogP contribution in [0.25, 0.3) is 0 Å². The van der Waals surface area contributed by atoms with Crippen molar-refractivity contribution >= 4 is 6.29 Å². The molecule has 0 aliphatic carbocycles. The van der Waals surface area contributed by atoms with E-state index >= 15 is 0 Å². The molecule has 1 atom stereocenters. The largest absolute Gasteiger partial charge is 0.490 e. The summed E-state index contributed by atoms with van der Waals surface area (Å²) in [6.45, 7) is 2.68. The summed E-state index contributed by atoms with van der Waals surface area (Å²) >= 11 is 0. The molecule has 0 radical (unpaired) electrons.